The lowest BCUT2D eigenvalue weighted by Gasteiger charge is -2.17. The maximum Gasteiger partial charge on any atom is 0.223 e. The van der Waals surface area contributed by atoms with E-state index in [-0.39, 0.29) is 5.91 Å². The topological polar surface area (TPSA) is 63.7 Å². The number of methoxy groups -OCH3 is 2. The number of hydrogen-bond acceptors (Lipinski definition) is 5. The Morgan fingerprint density at radius 2 is 1.66 bits per heavy atom. The molecule has 0 radical (unpaired) electrons. The van der Waals surface area contributed by atoms with Crippen LogP contribution in [0.5, 0.6) is 11.5 Å². The van der Waals surface area contributed by atoms with Crippen LogP contribution in [0.4, 0.5) is 0 Å². The number of likely N-dealkylation sites (N-methyl/N-ethyl adjacent to an activating group) is 1. The molecular formula is C29H35N3O3. The first-order valence-electron chi connectivity index (χ1n) is 11.9. The third kappa shape index (κ3) is 8.58. The van der Waals surface area contributed by atoms with Crippen LogP contribution in [-0.4, -0.2) is 56.7 Å². The van der Waals surface area contributed by atoms with Gasteiger partial charge in [-0.2, -0.15) is 0 Å². The first-order valence-corrected chi connectivity index (χ1v) is 11.9. The molecule has 0 aliphatic rings. The van der Waals surface area contributed by atoms with Gasteiger partial charge in [0.05, 0.1) is 14.2 Å². The van der Waals surface area contributed by atoms with Crippen LogP contribution in [0.15, 0.2) is 73.1 Å². The second-order valence-electron chi connectivity index (χ2n) is 8.41. The molecule has 1 N–H and O–H groups in total. The summed E-state index contributed by atoms with van der Waals surface area (Å²) in [6, 6.07) is 18.3. The fraction of sp³-hybridized carbons (Fsp3) is 0.310. The Morgan fingerprint density at radius 3 is 2.37 bits per heavy atom. The summed E-state index contributed by atoms with van der Waals surface area (Å²) < 4.78 is 10.7. The van der Waals surface area contributed by atoms with E-state index in [1.54, 1.807) is 26.6 Å². The highest BCUT2D eigenvalue weighted by Gasteiger charge is 2.06. The van der Waals surface area contributed by atoms with Gasteiger partial charge in [0.1, 0.15) is 0 Å². The Hall–Kier alpha value is -3.64. The van der Waals surface area contributed by atoms with E-state index in [1.165, 1.54) is 5.56 Å². The molecule has 1 amide bonds. The van der Waals surface area contributed by atoms with E-state index in [9.17, 15) is 4.79 Å². The molecule has 0 aliphatic carbocycles. The van der Waals surface area contributed by atoms with Gasteiger partial charge in [-0.15, -0.1) is 0 Å². The second-order valence-corrected chi connectivity index (χ2v) is 8.41. The minimum absolute atomic E-state index is 0.0441. The lowest BCUT2D eigenvalue weighted by molar-refractivity contribution is -0.120. The summed E-state index contributed by atoms with van der Waals surface area (Å²) in [6.45, 7) is 2.54. The Morgan fingerprint density at radius 1 is 0.943 bits per heavy atom. The highest BCUT2D eigenvalue weighted by molar-refractivity contribution is 5.78. The minimum atomic E-state index is 0.0441. The van der Waals surface area contributed by atoms with Crippen LogP contribution in [0.1, 0.15) is 24.0 Å². The van der Waals surface area contributed by atoms with Gasteiger partial charge in [-0.05, 0) is 73.0 Å². The molecule has 1 heterocycles. The summed E-state index contributed by atoms with van der Waals surface area (Å²) >= 11 is 0. The average Bonchev–Trinajstić information content (AvgIpc) is 2.90. The molecule has 3 aromatic rings. The summed E-state index contributed by atoms with van der Waals surface area (Å²) in [5.74, 6) is 1.54. The summed E-state index contributed by atoms with van der Waals surface area (Å²) in [4.78, 5) is 18.5. The molecule has 0 saturated heterocycles. The van der Waals surface area contributed by atoms with E-state index >= 15 is 0 Å². The van der Waals surface area contributed by atoms with Crippen molar-refractivity contribution in [2.24, 2.45) is 0 Å². The van der Waals surface area contributed by atoms with Crippen LogP contribution < -0.4 is 14.8 Å². The predicted molar refractivity (Wildman–Crippen MR) is 142 cm³/mol. The van der Waals surface area contributed by atoms with E-state index in [0.29, 0.717) is 13.0 Å². The molecule has 3 rings (SSSR count). The lowest BCUT2D eigenvalue weighted by Crippen LogP contribution is -2.28. The smallest absolute Gasteiger partial charge is 0.223 e. The van der Waals surface area contributed by atoms with Crippen molar-refractivity contribution in [3.8, 4) is 22.6 Å². The van der Waals surface area contributed by atoms with Gasteiger partial charge >= 0.3 is 0 Å². The maximum atomic E-state index is 12.1. The molecule has 35 heavy (non-hydrogen) atoms. The average molecular weight is 474 g/mol. The number of carbonyl (C=O) groups excluding carboxylic acids is 1. The van der Waals surface area contributed by atoms with Gasteiger partial charge in [0.2, 0.25) is 5.91 Å². The third-order valence-electron chi connectivity index (χ3n) is 5.81. The number of benzene rings is 2. The standard InChI is InChI=1S/C29H35N3O3/c1-32(21-16-24-10-13-27(34-2)28(22-24)35-3)20-5-17-31-29(33)7-4-6-23-8-11-25(12-9-23)26-14-18-30-19-15-26/h4,6,8-15,18-19,22H,5,7,16-17,20-21H2,1-3H3,(H,31,33)/b6-4+. The molecular weight excluding hydrogens is 438 g/mol. The fourth-order valence-corrected chi connectivity index (χ4v) is 3.75. The molecule has 0 aliphatic heterocycles. The normalized spacial score (nSPS) is 11.1. The minimum Gasteiger partial charge on any atom is -0.493 e. The number of nitrogens with one attached hydrogen (secondary N) is 1. The molecule has 1 aromatic heterocycles. The Balaban J connectivity index is 1.30. The van der Waals surface area contributed by atoms with Crippen LogP contribution in [0.2, 0.25) is 0 Å². The zero-order valence-electron chi connectivity index (χ0n) is 20.9. The molecule has 2 aromatic carbocycles. The maximum absolute atomic E-state index is 12.1. The monoisotopic (exact) mass is 473 g/mol. The van der Waals surface area contributed by atoms with Crippen molar-refractivity contribution in [2.45, 2.75) is 19.3 Å². The number of nitrogens with zero attached hydrogens (tertiary/aromatic N) is 2. The Labute approximate surface area is 208 Å². The van der Waals surface area contributed by atoms with Crippen molar-refractivity contribution >= 4 is 12.0 Å². The number of amides is 1. The highest BCUT2D eigenvalue weighted by Crippen LogP contribution is 2.27. The zero-order valence-corrected chi connectivity index (χ0v) is 20.9. The quantitative estimate of drug-likeness (QED) is 0.360. The van der Waals surface area contributed by atoms with Gasteiger partial charge in [-0.3, -0.25) is 9.78 Å². The first kappa shape index (κ1) is 26.0. The fourth-order valence-electron chi connectivity index (χ4n) is 3.75. The largest absolute Gasteiger partial charge is 0.493 e. The molecule has 0 fully saturated rings. The van der Waals surface area contributed by atoms with Crippen LogP contribution in [0.3, 0.4) is 0 Å². The van der Waals surface area contributed by atoms with Crippen molar-refractivity contribution in [1.29, 1.82) is 0 Å². The van der Waals surface area contributed by atoms with Gasteiger partial charge in [0.25, 0.3) is 0 Å². The molecule has 0 spiro atoms. The van der Waals surface area contributed by atoms with Crippen molar-refractivity contribution in [3.63, 3.8) is 0 Å². The van der Waals surface area contributed by atoms with E-state index in [2.05, 4.69) is 52.6 Å². The molecule has 6 heteroatoms. The van der Waals surface area contributed by atoms with Gasteiger partial charge in [0, 0.05) is 31.9 Å². The molecule has 184 valence electrons. The number of pyridine rings is 1. The van der Waals surface area contributed by atoms with Crippen LogP contribution in [0.25, 0.3) is 17.2 Å². The van der Waals surface area contributed by atoms with Crippen LogP contribution in [-0.2, 0) is 11.2 Å². The third-order valence-corrected chi connectivity index (χ3v) is 5.81. The first-order chi connectivity index (χ1) is 17.1. The van der Waals surface area contributed by atoms with E-state index in [1.807, 2.05) is 36.4 Å². The number of ether oxygens (including phenoxy) is 2. The zero-order chi connectivity index (χ0) is 24.9. The molecule has 0 atom stereocenters. The highest BCUT2D eigenvalue weighted by atomic mass is 16.5. The number of aromatic nitrogens is 1. The summed E-state index contributed by atoms with van der Waals surface area (Å²) in [7, 11) is 5.40. The Bertz CT molecular complexity index is 1080. The SMILES string of the molecule is COc1ccc(CCN(C)CCCNC(=O)C/C=C/c2ccc(-c3ccncc3)cc2)cc1OC. The van der Waals surface area contributed by atoms with Gasteiger partial charge in [0.15, 0.2) is 11.5 Å². The van der Waals surface area contributed by atoms with Gasteiger partial charge in [-0.25, -0.2) is 0 Å². The summed E-state index contributed by atoms with van der Waals surface area (Å²) in [5, 5.41) is 3.00. The van der Waals surface area contributed by atoms with Crippen molar-refractivity contribution in [1.82, 2.24) is 15.2 Å². The van der Waals surface area contributed by atoms with Crippen molar-refractivity contribution in [2.75, 3.05) is 40.9 Å². The van der Waals surface area contributed by atoms with Crippen molar-refractivity contribution < 1.29 is 14.3 Å². The van der Waals surface area contributed by atoms with Crippen LogP contribution in [0, 0.1) is 0 Å². The lowest BCUT2D eigenvalue weighted by atomic mass is 10.0. The number of carbonyl (C=O) groups is 1. The van der Waals surface area contributed by atoms with E-state index in [0.717, 1.165) is 54.1 Å². The second kappa shape index (κ2) is 13.9. The predicted octanol–water partition coefficient (Wildman–Crippen LogP) is 4.85. The molecule has 0 saturated carbocycles. The molecule has 0 bridgehead atoms. The number of rotatable bonds is 13. The summed E-state index contributed by atoms with van der Waals surface area (Å²) in [6.07, 6.45) is 9.69. The van der Waals surface area contributed by atoms with Crippen molar-refractivity contribution in [3.05, 3.63) is 84.2 Å². The molecule has 0 unspecified atom stereocenters. The van der Waals surface area contributed by atoms with E-state index in [4.69, 9.17) is 9.47 Å². The Kier molecular flexibility index (Phi) is 10.3. The molecule has 6 nitrogen and oxygen atoms in total. The number of hydrogen-bond donors (Lipinski definition) is 1. The van der Waals surface area contributed by atoms with Crippen LogP contribution >= 0.6 is 0 Å². The van der Waals surface area contributed by atoms with E-state index < -0.39 is 0 Å². The van der Waals surface area contributed by atoms with Gasteiger partial charge in [-0.1, -0.05) is 42.5 Å². The van der Waals surface area contributed by atoms with Gasteiger partial charge < -0.3 is 19.7 Å². The summed E-state index contributed by atoms with van der Waals surface area (Å²) in [5.41, 5.74) is 4.57.